The van der Waals surface area contributed by atoms with E-state index >= 15 is 0 Å². The van der Waals surface area contributed by atoms with Crippen LogP contribution in [0, 0.1) is 5.82 Å². The van der Waals surface area contributed by atoms with Crippen LogP contribution in [0.25, 0.3) is 0 Å². The topological polar surface area (TPSA) is 43.4 Å². The first-order chi connectivity index (χ1) is 10.1. The zero-order valence-electron chi connectivity index (χ0n) is 11.6. The first-order valence-electron chi connectivity index (χ1n) is 6.65. The molecule has 0 N–H and O–H groups in total. The van der Waals surface area contributed by atoms with Gasteiger partial charge in [-0.3, -0.25) is 9.59 Å². The Bertz CT molecular complexity index is 620. The summed E-state index contributed by atoms with van der Waals surface area (Å²) < 4.78 is 18.0. The minimum Gasteiger partial charge on any atom is -0.465 e. The summed E-state index contributed by atoms with van der Waals surface area (Å²) in [5.74, 6) is -2.49. The summed E-state index contributed by atoms with van der Waals surface area (Å²) in [5.41, 5.74) is 0.837. The molecule has 0 amide bonds. The first-order valence-corrected chi connectivity index (χ1v) is 6.65. The van der Waals surface area contributed by atoms with E-state index in [0.29, 0.717) is 11.1 Å². The molecule has 0 aromatic heterocycles. The van der Waals surface area contributed by atoms with Gasteiger partial charge in [0, 0.05) is 5.56 Å². The number of carbonyl (C=O) groups excluding carboxylic acids is 2. The summed E-state index contributed by atoms with van der Waals surface area (Å²) in [4.78, 5) is 24.7. The molecule has 0 aliphatic rings. The fourth-order valence-electron chi connectivity index (χ4n) is 2.04. The van der Waals surface area contributed by atoms with Crippen LogP contribution in [0.5, 0.6) is 0 Å². The van der Waals surface area contributed by atoms with Crippen LogP contribution in [-0.4, -0.2) is 18.4 Å². The minimum absolute atomic E-state index is 0.179. The maximum Gasteiger partial charge on any atom is 0.321 e. The maximum atomic E-state index is 13.0. The highest BCUT2D eigenvalue weighted by atomic mass is 19.1. The Labute approximate surface area is 122 Å². The van der Waals surface area contributed by atoms with E-state index in [2.05, 4.69) is 0 Å². The van der Waals surface area contributed by atoms with Crippen molar-refractivity contribution in [2.45, 2.75) is 12.8 Å². The van der Waals surface area contributed by atoms with Gasteiger partial charge in [-0.25, -0.2) is 4.39 Å². The first kappa shape index (κ1) is 14.9. The number of halogens is 1. The van der Waals surface area contributed by atoms with Crippen molar-refractivity contribution in [1.29, 1.82) is 0 Å². The molecular formula is C17H15FO3. The van der Waals surface area contributed by atoms with Gasteiger partial charge in [0.25, 0.3) is 0 Å². The van der Waals surface area contributed by atoms with Crippen LogP contribution in [0.1, 0.15) is 28.8 Å². The molecule has 2 rings (SSSR count). The van der Waals surface area contributed by atoms with Gasteiger partial charge in [-0.05, 0) is 24.6 Å². The third kappa shape index (κ3) is 3.54. The second kappa shape index (κ2) is 6.79. The maximum absolute atomic E-state index is 13.0. The molecule has 108 valence electrons. The number of hydrogen-bond donors (Lipinski definition) is 0. The van der Waals surface area contributed by atoms with Crippen molar-refractivity contribution in [3.05, 3.63) is 71.5 Å². The van der Waals surface area contributed by atoms with Crippen LogP contribution in [0.4, 0.5) is 4.39 Å². The Morgan fingerprint density at radius 2 is 1.67 bits per heavy atom. The van der Waals surface area contributed by atoms with Gasteiger partial charge >= 0.3 is 5.97 Å². The number of hydrogen-bond acceptors (Lipinski definition) is 3. The Kier molecular flexibility index (Phi) is 4.82. The third-order valence-corrected chi connectivity index (χ3v) is 3.05. The molecule has 4 heteroatoms. The number of ether oxygens (including phenoxy) is 1. The lowest BCUT2D eigenvalue weighted by molar-refractivity contribution is -0.143. The van der Waals surface area contributed by atoms with Crippen molar-refractivity contribution in [2.75, 3.05) is 6.61 Å². The summed E-state index contributed by atoms with van der Waals surface area (Å²) in [6.07, 6.45) is 0. The van der Waals surface area contributed by atoms with E-state index in [1.807, 2.05) is 0 Å². The molecule has 21 heavy (non-hydrogen) atoms. The fraction of sp³-hybridized carbons (Fsp3) is 0.176. The molecule has 1 unspecified atom stereocenters. The highest BCUT2D eigenvalue weighted by Crippen LogP contribution is 2.23. The van der Waals surface area contributed by atoms with Gasteiger partial charge in [0.2, 0.25) is 0 Å². The van der Waals surface area contributed by atoms with Crippen molar-refractivity contribution in [2.24, 2.45) is 0 Å². The van der Waals surface area contributed by atoms with Gasteiger partial charge in [-0.15, -0.1) is 0 Å². The average molecular weight is 286 g/mol. The molecule has 1 atom stereocenters. The molecule has 0 aliphatic carbocycles. The number of benzene rings is 2. The molecule has 3 nitrogen and oxygen atoms in total. The fourth-order valence-corrected chi connectivity index (χ4v) is 2.04. The van der Waals surface area contributed by atoms with Gasteiger partial charge < -0.3 is 4.74 Å². The zero-order chi connectivity index (χ0) is 15.2. The molecule has 0 radical (unpaired) electrons. The summed E-state index contributed by atoms with van der Waals surface area (Å²) in [5, 5.41) is 0. The predicted octanol–water partition coefficient (Wildman–Crippen LogP) is 3.36. The average Bonchev–Trinajstić information content (AvgIpc) is 2.50. The number of esters is 1. The molecule has 0 heterocycles. The van der Waals surface area contributed by atoms with Crippen molar-refractivity contribution in [1.82, 2.24) is 0 Å². The number of Topliss-reactive ketones (excluding diaryl/α,β-unsaturated/α-hetero) is 1. The Balaban J connectivity index is 2.39. The number of rotatable bonds is 5. The summed E-state index contributed by atoms with van der Waals surface area (Å²) in [6.45, 7) is 1.85. The number of carbonyl (C=O) groups is 2. The largest absolute Gasteiger partial charge is 0.465 e. The van der Waals surface area contributed by atoms with Crippen LogP contribution >= 0.6 is 0 Å². The van der Waals surface area contributed by atoms with Crippen LogP contribution in [0.3, 0.4) is 0 Å². The van der Waals surface area contributed by atoms with Gasteiger partial charge in [0.15, 0.2) is 5.78 Å². The highest BCUT2D eigenvalue weighted by molar-refractivity contribution is 6.12. The lowest BCUT2D eigenvalue weighted by Crippen LogP contribution is -2.24. The van der Waals surface area contributed by atoms with Gasteiger partial charge in [0.1, 0.15) is 11.7 Å². The number of ketones is 1. The van der Waals surface area contributed by atoms with E-state index < -0.39 is 17.7 Å². The van der Waals surface area contributed by atoms with E-state index in [4.69, 9.17) is 4.74 Å². The standard InChI is InChI=1S/C17H15FO3/c1-2-21-17(20)15(12-8-10-14(18)11-9-12)16(19)13-6-4-3-5-7-13/h3-11,15H,2H2,1H3. The lowest BCUT2D eigenvalue weighted by Gasteiger charge is -2.15. The van der Waals surface area contributed by atoms with Crippen LogP contribution in [-0.2, 0) is 9.53 Å². The van der Waals surface area contributed by atoms with Crippen molar-refractivity contribution < 1.29 is 18.7 Å². The molecule has 0 saturated heterocycles. The molecule has 0 saturated carbocycles. The predicted molar refractivity (Wildman–Crippen MR) is 76.5 cm³/mol. The van der Waals surface area contributed by atoms with E-state index in [-0.39, 0.29) is 12.4 Å². The van der Waals surface area contributed by atoms with E-state index in [9.17, 15) is 14.0 Å². The normalized spacial score (nSPS) is 11.7. The molecule has 0 spiro atoms. The highest BCUT2D eigenvalue weighted by Gasteiger charge is 2.30. The summed E-state index contributed by atoms with van der Waals surface area (Å²) in [6, 6.07) is 13.8. The molecule has 2 aromatic carbocycles. The second-order valence-electron chi connectivity index (χ2n) is 4.47. The molecule has 0 fully saturated rings. The molecule has 0 bridgehead atoms. The van der Waals surface area contributed by atoms with E-state index in [1.165, 1.54) is 24.3 Å². The molecule has 2 aromatic rings. The van der Waals surface area contributed by atoms with Gasteiger partial charge in [-0.1, -0.05) is 42.5 Å². The van der Waals surface area contributed by atoms with E-state index in [1.54, 1.807) is 37.3 Å². The van der Waals surface area contributed by atoms with Crippen LogP contribution < -0.4 is 0 Å². The molecule has 0 aliphatic heterocycles. The van der Waals surface area contributed by atoms with Crippen LogP contribution in [0.2, 0.25) is 0 Å². The molecular weight excluding hydrogens is 271 g/mol. The van der Waals surface area contributed by atoms with Gasteiger partial charge in [-0.2, -0.15) is 0 Å². The quantitative estimate of drug-likeness (QED) is 0.481. The Morgan fingerprint density at radius 3 is 2.24 bits per heavy atom. The Morgan fingerprint density at radius 1 is 1.05 bits per heavy atom. The second-order valence-corrected chi connectivity index (χ2v) is 4.47. The van der Waals surface area contributed by atoms with Gasteiger partial charge in [0.05, 0.1) is 6.61 Å². The minimum atomic E-state index is -1.08. The van der Waals surface area contributed by atoms with Crippen molar-refractivity contribution in [3.8, 4) is 0 Å². The summed E-state index contributed by atoms with van der Waals surface area (Å²) >= 11 is 0. The zero-order valence-corrected chi connectivity index (χ0v) is 11.6. The lowest BCUT2D eigenvalue weighted by atomic mass is 9.90. The third-order valence-electron chi connectivity index (χ3n) is 3.05. The van der Waals surface area contributed by atoms with Crippen LogP contribution in [0.15, 0.2) is 54.6 Å². The van der Waals surface area contributed by atoms with Crippen molar-refractivity contribution >= 4 is 11.8 Å². The SMILES string of the molecule is CCOC(=O)C(C(=O)c1ccccc1)c1ccc(F)cc1. The van der Waals surface area contributed by atoms with Crippen molar-refractivity contribution in [3.63, 3.8) is 0 Å². The Hall–Kier alpha value is -2.49. The summed E-state index contributed by atoms with van der Waals surface area (Å²) in [7, 11) is 0. The van der Waals surface area contributed by atoms with E-state index in [0.717, 1.165) is 0 Å². The monoisotopic (exact) mass is 286 g/mol. The smallest absolute Gasteiger partial charge is 0.321 e.